The van der Waals surface area contributed by atoms with Crippen molar-refractivity contribution in [2.75, 3.05) is 26.3 Å². The van der Waals surface area contributed by atoms with Crippen LogP contribution >= 0.6 is 0 Å². The van der Waals surface area contributed by atoms with Gasteiger partial charge < -0.3 is 15.2 Å². The van der Waals surface area contributed by atoms with Crippen molar-refractivity contribution in [3.8, 4) is 0 Å². The molecule has 0 amide bonds. The Balaban J connectivity index is 2.38. The number of hydrogen-bond acceptors (Lipinski definition) is 3. The second-order valence-electron chi connectivity index (χ2n) is 4.28. The highest BCUT2D eigenvalue weighted by atomic mass is 19.4. The number of rotatable bonds is 5. The van der Waals surface area contributed by atoms with Gasteiger partial charge in [-0.05, 0) is 25.8 Å². The van der Waals surface area contributed by atoms with E-state index in [4.69, 9.17) is 5.11 Å². The van der Waals surface area contributed by atoms with Crippen molar-refractivity contribution in [1.29, 1.82) is 0 Å². The maximum atomic E-state index is 11.8. The fourth-order valence-corrected chi connectivity index (χ4v) is 1.93. The lowest BCUT2D eigenvalue weighted by Gasteiger charge is -2.33. The van der Waals surface area contributed by atoms with E-state index in [-0.39, 0.29) is 19.6 Å². The fourth-order valence-electron chi connectivity index (χ4n) is 1.93. The number of nitrogens with one attached hydrogen (secondary N) is 1. The zero-order valence-electron chi connectivity index (χ0n) is 9.35. The normalized spacial score (nSPS) is 25.8. The van der Waals surface area contributed by atoms with E-state index in [1.165, 1.54) is 0 Å². The maximum Gasteiger partial charge on any atom is 0.411 e. The molecule has 1 fully saturated rings. The van der Waals surface area contributed by atoms with Gasteiger partial charge in [0.05, 0.1) is 5.41 Å². The molecule has 1 aliphatic rings. The van der Waals surface area contributed by atoms with Gasteiger partial charge in [0.2, 0.25) is 0 Å². The third-order valence-electron chi connectivity index (χ3n) is 2.92. The summed E-state index contributed by atoms with van der Waals surface area (Å²) in [5.74, 6) is -0.972. The fraction of sp³-hybridized carbons (Fsp3) is 0.900. The van der Waals surface area contributed by atoms with E-state index >= 15 is 0 Å². The van der Waals surface area contributed by atoms with Crippen LogP contribution in [0.5, 0.6) is 0 Å². The first-order chi connectivity index (χ1) is 7.86. The summed E-state index contributed by atoms with van der Waals surface area (Å²) in [7, 11) is 0. The van der Waals surface area contributed by atoms with Crippen molar-refractivity contribution >= 4 is 5.97 Å². The Hall–Kier alpha value is -0.820. The summed E-state index contributed by atoms with van der Waals surface area (Å²) in [6.45, 7) is -0.472. The molecule has 0 aromatic carbocycles. The topological polar surface area (TPSA) is 58.6 Å². The van der Waals surface area contributed by atoms with Crippen LogP contribution in [0.4, 0.5) is 13.2 Å². The van der Waals surface area contributed by atoms with E-state index < -0.39 is 24.2 Å². The molecule has 0 spiro atoms. The molecular formula is C10H16F3NO3. The quantitative estimate of drug-likeness (QED) is 0.729. The van der Waals surface area contributed by atoms with Gasteiger partial charge in [-0.15, -0.1) is 0 Å². The molecule has 17 heavy (non-hydrogen) atoms. The van der Waals surface area contributed by atoms with E-state index in [0.29, 0.717) is 12.8 Å². The van der Waals surface area contributed by atoms with Crippen LogP contribution in [0.15, 0.2) is 0 Å². The number of aliphatic carboxylic acids is 1. The lowest BCUT2D eigenvalue weighted by Crippen LogP contribution is -2.46. The first-order valence-corrected chi connectivity index (χ1v) is 5.44. The summed E-state index contributed by atoms with van der Waals surface area (Å²) in [4.78, 5) is 11.1. The van der Waals surface area contributed by atoms with Gasteiger partial charge in [-0.25, -0.2) is 0 Å². The molecule has 1 unspecified atom stereocenters. The number of carboxylic acid groups (broad SMARTS) is 1. The van der Waals surface area contributed by atoms with E-state index in [9.17, 15) is 18.0 Å². The molecule has 2 N–H and O–H groups in total. The predicted molar refractivity (Wildman–Crippen MR) is 53.7 cm³/mol. The van der Waals surface area contributed by atoms with Gasteiger partial charge in [-0.1, -0.05) is 0 Å². The lowest BCUT2D eigenvalue weighted by atomic mass is 9.78. The van der Waals surface area contributed by atoms with Crippen LogP contribution in [0.2, 0.25) is 0 Å². The maximum absolute atomic E-state index is 11.8. The van der Waals surface area contributed by atoms with Crippen LogP contribution in [0, 0.1) is 5.41 Å². The minimum absolute atomic E-state index is 0.103. The predicted octanol–water partition coefficient (Wildman–Crippen LogP) is 1.41. The monoisotopic (exact) mass is 255 g/mol. The summed E-state index contributed by atoms with van der Waals surface area (Å²) in [6.07, 6.45) is -3.07. The van der Waals surface area contributed by atoms with Crippen molar-refractivity contribution in [2.24, 2.45) is 5.41 Å². The average Bonchev–Trinajstić information content (AvgIpc) is 2.24. The second-order valence-corrected chi connectivity index (χ2v) is 4.28. The van der Waals surface area contributed by atoms with Crippen LogP contribution in [0.1, 0.15) is 19.3 Å². The van der Waals surface area contributed by atoms with Gasteiger partial charge in [0, 0.05) is 13.2 Å². The van der Waals surface area contributed by atoms with Gasteiger partial charge in [-0.2, -0.15) is 13.2 Å². The molecule has 1 aliphatic heterocycles. The van der Waals surface area contributed by atoms with Crippen LogP contribution in [-0.4, -0.2) is 43.6 Å². The van der Waals surface area contributed by atoms with E-state index in [2.05, 4.69) is 10.1 Å². The number of piperidine rings is 1. The molecule has 0 radical (unpaired) electrons. The zero-order chi connectivity index (χ0) is 12.9. The molecule has 100 valence electrons. The Bertz CT molecular complexity index is 262. The van der Waals surface area contributed by atoms with Crippen molar-refractivity contribution in [1.82, 2.24) is 5.32 Å². The molecule has 0 saturated carbocycles. The van der Waals surface area contributed by atoms with Crippen molar-refractivity contribution in [2.45, 2.75) is 25.4 Å². The smallest absolute Gasteiger partial charge is 0.411 e. The van der Waals surface area contributed by atoms with E-state index in [0.717, 1.165) is 6.54 Å². The van der Waals surface area contributed by atoms with Crippen molar-refractivity contribution in [3.05, 3.63) is 0 Å². The van der Waals surface area contributed by atoms with Crippen molar-refractivity contribution in [3.63, 3.8) is 0 Å². The van der Waals surface area contributed by atoms with Gasteiger partial charge in [0.25, 0.3) is 0 Å². The molecule has 4 nitrogen and oxygen atoms in total. The van der Waals surface area contributed by atoms with Crippen LogP contribution in [-0.2, 0) is 9.53 Å². The number of carbonyl (C=O) groups is 1. The van der Waals surface area contributed by atoms with Gasteiger partial charge >= 0.3 is 12.1 Å². The Kier molecular flexibility index (Phi) is 4.76. The first kappa shape index (κ1) is 14.2. The van der Waals surface area contributed by atoms with Gasteiger partial charge in [0.15, 0.2) is 0 Å². The summed E-state index contributed by atoms with van der Waals surface area (Å²) >= 11 is 0. The first-order valence-electron chi connectivity index (χ1n) is 5.44. The Morgan fingerprint density at radius 2 is 2.18 bits per heavy atom. The number of ether oxygens (including phenoxy) is 1. The largest absolute Gasteiger partial charge is 0.481 e. The molecule has 0 aromatic heterocycles. The highest BCUT2D eigenvalue weighted by Gasteiger charge is 2.39. The lowest BCUT2D eigenvalue weighted by molar-refractivity contribution is -0.176. The van der Waals surface area contributed by atoms with E-state index in [1.807, 2.05) is 0 Å². The van der Waals surface area contributed by atoms with Crippen LogP contribution in [0.3, 0.4) is 0 Å². The van der Waals surface area contributed by atoms with Crippen LogP contribution < -0.4 is 5.32 Å². The average molecular weight is 255 g/mol. The molecule has 0 bridgehead atoms. The molecule has 1 rings (SSSR count). The number of alkyl halides is 3. The number of hydrogen-bond donors (Lipinski definition) is 2. The minimum atomic E-state index is -4.36. The Morgan fingerprint density at radius 3 is 2.65 bits per heavy atom. The summed E-state index contributed by atoms with van der Waals surface area (Å²) in [5, 5.41) is 12.1. The Labute approximate surface area is 97.1 Å². The van der Waals surface area contributed by atoms with Gasteiger partial charge in [-0.3, -0.25) is 4.79 Å². The summed E-state index contributed by atoms with van der Waals surface area (Å²) in [5.41, 5.74) is -0.982. The number of halogens is 3. The zero-order valence-corrected chi connectivity index (χ0v) is 9.35. The van der Waals surface area contributed by atoms with Gasteiger partial charge in [0.1, 0.15) is 6.61 Å². The Morgan fingerprint density at radius 1 is 1.47 bits per heavy atom. The highest BCUT2D eigenvalue weighted by molar-refractivity contribution is 5.75. The number of carboxylic acids is 1. The molecule has 7 heteroatoms. The molecule has 0 aromatic rings. The molecular weight excluding hydrogens is 239 g/mol. The van der Waals surface area contributed by atoms with Crippen LogP contribution in [0.25, 0.3) is 0 Å². The second kappa shape index (κ2) is 5.68. The van der Waals surface area contributed by atoms with Crippen molar-refractivity contribution < 1.29 is 27.8 Å². The molecule has 0 aliphatic carbocycles. The standard InChI is InChI=1S/C10H16F3NO3/c11-10(12,13)7-17-5-3-9(8(15)16)2-1-4-14-6-9/h14H,1-7H2,(H,15,16). The third-order valence-corrected chi connectivity index (χ3v) is 2.92. The van der Waals surface area contributed by atoms with E-state index in [1.54, 1.807) is 0 Å². The minimum Gasteiger partial charge on any atom is -0.481 e. The molecule has 1 atom stereocenters. The summed E-state index contributed by atoms with van der Waals surface area (Å²) < 4.78 is 39.9. The third kappa shape index (κ3) is 4.51. The molecule has 1 heterocycles. The molecule has 1 saturated heterocycles. The summed E-state index contributed by atoms with van der Waals surface area (Å²) in [6, 6.07) is 0. The highest BCUT2D eigenvalue weighted by Crippen LogP contribution is 2.30. The SMILES string of the molecule is O=C(O)C1(CCOCC(F)(F)F)CCCNC1.